The van der Waals surface area contributed by atoms with Gasteiger partial charge >= 0.3 is 0 Å². The maximum Gasteiger partial charge on any atom is 0.151 e. The molecular weight excluding hydrogens is 248 g/mol. The van der Waals surface area contributed by atoms with E-state index >= 15 is 0 Å². The lowest BCUT2D eigenvalue weighted by molar-refractivity contribution is 0.880. The third-order valence-corrected chi connectivity index (χ3v) is 2.73. The number of rotatable bonds is 2. The lowest BCUT2D eigenvalue weighted by Crippen LogP contribution is -1.92. The Morgan fingerprint density at radius 2 is 1.78 bits per heavy atom. The SMILES string of the molecule is Clc1ccc(-c2cnn(-c3ccccc3)c2)nn1. The molecule has 2 heterocycles. The van der Waals surface area contributed by atoms with E-state index in [1.807, 2.05) is 42.6 Å². The zero-order valence-corrected chi connectivity index (χ0v) is 10.1. The molecule has 2 aromatic heterocycles. The summed E-state index contributed by atoms with van der Waals surface area (Å²) in [6.07, 6.45) is 3.66. The number of hydrogen-bond acceptors (Lipinski definition) is 3. The van der Waals surface area contributed by atoms with Gasteiger partial charge in [0.1, 0.15) is 0 Å². The fourth-order valence-corrected chi connectivity index (χ4v) is 1.75. The van der Waals surface area contributed by atoms with E-state index in [1.165, 1.54) is 0 Å². The maximum absolute atomic E-state index is 5.71. The summed E-state index contributed by atoms with van der Waals surface area (Å²) in [7, 11) is 0. The summed E-state index contributed by atoms with van der Waals surface area (Å²) in [6.45, 7) is 0. The molecule has 0 N–H and O–H groups in total. The molecule has 0 aliphatic rings. The Kier molecular flexibility index (Phi) is 2.78. The van der Waals surface area contributed by atoms with Gasteiger partial charge in [-0.25, -0.2) is 4.68 Å². The first-order valence-electron chi connectivity index (χ1n) is 5.42. The van der Waals surface area contributed by atoms with Crippen LogP contribution in [0.2, 0.25) is 5.15 Å². The molecule has 0 unspecified atom stereocenters. The van der Waals surface area contributed by atoms with Gasteiger partial charge in [0.25, 0.3) is 0 Å². The molecule has 5 heteroatoms. The number of halogens is 1. The average Bonchev–Trinajstić information content (AvgIpc) is 2.90. The van der Waals surface area contributed by atoms with E-state index in [1.54, 1.807) is 16.9 Å². The quantitative estimate of drug-likeness (QED) is 0.708. The predicted molar refractivity (Wildman–Crippen MR) is 69.6 cm³/mol. The van der Waals surface area contributed by atoms with Crippen LogP contribution in [0.5, 0.6) is 0 Å². The van der Waals surface area contributed by atoms with Crippen LogP contribution in [0, 0.1) is 0 Å². The first-order chi connectivity index (χ1) is 8.83. The average molecular weight is 257 g/mol. The van der Waals surface area contributed by atoms with Crippen LogP contribution in [-0.4, -0.2) is 20.0 Å². The molecular formula is C13H9ClN4. The van der Waals surface area contributed by atoms with E-state index in [4.69, 9.17) is 11.6 Å². The molecule has 18 heavy (non-hydrogen) atoms. The van der Waals surface area contributed by atoms with Gasteiger partial charge in [0, 0.05) is 11.8 Å². The largest absolute Gasteiger partial charge is 0.240 e. The summed E-state index contributed by atoms with van der Waals surface area (Å²) in [6, 6.07) is 13.4. The Balaban J connectivity index is 1.97. The highest BCUT2D eigenvalue weighted by Crippen LogP contribution is 2.18. The van der Waals surface area contributed by atoms with Crippen molar-refractivity contribution >= 4 is 11.6 Å². The second kappa shape index (κ2) is 4.58. The van der Waals surface area contributed by atoms with Crippen molar-refractivity contribution in [2.75, 3.05) is 0 Å². The third-order valence-electron chi connectivity index (χ3n) is 2.53. The molecule has 1 aromatic carbocycles. The van der Waals surface area contributed by atoms with E-state index in [9.17, 15) is 0 Å². The molecule has 3 rings (SSSR count). The number of hydrogen-bond donors (Lipinski definition) is 0. The van der Waals surface area contributed by atoms with Crippen molar-refractivity contribution in [1.82, 2.24) is 20.0 Å². The summed E-state index contributed by atoms with van der Waals surface area (Å²) in [4.78, 5) is 0. The van der Waals surface area contributed by atoms with Crippen molar-refractivity contribution in [3.05, 3.63) is 60.0 Å². The number of aromatic nitrogens is 4. The van der Waals surface area contributed by atoms with Gasteiger partial charge in [-0.1, -0.05) is 29.8 Å². The van der Waals surface area contributed by atoms with Crippen molar-refractivity contribution in [3.8, 4) is 16.9 Å². The molecule has 4 nitrogen and oxygen atoms in total. The number of nitrogens with zero attached hydrogens (tertiary/aromatic N) is 4. The summed E-state index contributed by atoms with van der Waals surface area (Å²) < 4.78 is 1.80. The molecule has 0 bridgehead atoms. The van der Waals surface area contributed by atoms with Crippen molar-refractivity contribution in [3.63, 3.8) is 0 Å². The molecule has 0 radical (unpaired) electrons. The fourth-order valence-electron chi connectivity index (χ4n) is 1.65. The number of benzene rings is 1. The molecule has 0 atom stereocenters. The zero-order chi connectivity index (χ0) is 12.4. The topological polar surface area (TPSA) is 43.6 Å². The lowest BCUT2D eigenvalue weighted by atomic mass is 10.2. The summed E-state index contributed by atoms with van der Waals surface area (Å²) >= 11 is 5.71. The van der Waals surface area contributed by atoms with Crippen LogP contribution in [0.1, 0.15) is 0 Å². The van der Waals surface area contributed by atoms with E-state index in [2.05, 4.69) is 15.3 Å². The van der Waals surface area contributed by atoms with Gasteiger partial charge in [-0.05, 0) is 24.3 Å². The molecule has 0 saturated heterocycles. The van der Waals surface area contributed by atoms with E-state index in [0.29, 0.717) is 5.15 Å². The van der Waals surface area contributed by atoms with E-state index < -0.39 is 0 Å². The van der Waals surface area contributed by atoms with Gasteiger partial charge in [-0.3, -0.25) is 0 Å². The third kappa shape index (κ3) is 2.10. The minimum atomic E-state index is 0.384. The summed E-state index contributed by atoms with van der Waals surface area (Å²) in [5, 5.41) is 12.5. The van der Waals surface area contributed by atoms with E-state index in [-0.39, 0.29) is 0 Å². The number of para-hydroxylation sites is 1. The first-order valence-corrected chi connectivity index (χ1v) is 5.80. The summed E-state index contributed by atoms with van der Waals surface area (Å²) in [5.74, 6) is 0. The van der Waals surface area contributed by atoms with E-state index in [0.717, 1.165) is 16.9 Å². The Labute approximate surface area is 109 Å². The monoisotopic (exact) mass is 256 g/mol. The van der Waals surface area contributed by atoms with Crippen LogP contribution in [0.4, 0.5) is 0 Å². The Morgan fingerprint density at radius 3 is 2.50 bits per heavy atom. The molecule has 3 aromatic rings. The van der Waals surface area contributed by atoms with Crippen molar-refractivity contribution in [2.24, 2.45) is 0 Å². The highest BCUT2D eigenvalue weighted by atomic mass is 35.5. The zero-order valence-electron chi connectivity index (χ0n) is 9.36. The molecule has 88 valence electrons. The normalized spacial score (nSPS) is 10.5. The van der Waals surface area contributed by atoms with Gasteiger partial charge in [-0.15, -0.1) is 10.2 Å². The minimum Gasteiger partial charge on any atom is -0.240 e. The minimum absolute atomic E-state index is 0.384. The second-order valence-electron chi connectivity index (χ2n) is 3.75. The smallest absolute Gasteiger partial charge is 0.151 e. The molecule has 0 saturated carbocycles. The van der Waals surface area contributed by atoms with Crippen molar-refractivity contribution in [2.45, 2.75) is 0 Å². The Morgan fingerprint density at radius 1 is 0.944 bits per heavy atom. The van der Waals surface area contributed by atoms with Crippen molar-refractivity contribution in [1.29, 1.82) is 0 Å². The molecule has 0 amide bonds. The highest BCUT2D eigenvalue weighted by molar-refractivity contribution is 6.29. The standard InChI is InChI=1S/C13H9ClN4/c14-13-7-6-12(16-17-13)10-8-15-18(9-10)11-4-2-1-3-5-11/h1-9H. The maximum atomic E-state index is 5.71. The fraction of sp³-hybridized carbons (Fsp3) is 0. The van der Waals surface area contributed by atoms with Crippen LogP contribution < -0.4 is 0 Å². The van der Waals surface area contributed by atoms with Gasteiger partial charge in [0.15, 0.2) is 5.15 Å². The van der Waals surface area contributed by atoms with Crippen LogP contribution in [0.25, 0.3) is 16.9 Å². The molecule has 0 aliphatic heterocycles. The van der Waals surface area contributed by atoms with Gasteiger partial charge in [0.2, 0.25) is 0 Å². The lowest BCUT2D eigenvalue weighted by Gasteiger charge is -1.99. The van der Waals surface area contributed by atoms with Crippen LogP contribution in [0.15, 0.2) is 54.9 Å². The first kappa shape index (κ1) is 10.9. The highest BCUT2D eigenvalue weighted by Gasteiger charge is 2.04. The second-order valence-corrected chi connectivity index (χ2v) is 4.14. The van der Waals surface area contributed by atoms with Crippen molar-refractivity contribution < 1.29 is 0 Å². The summed E-state index contributed by atoms with van der Waals surface area (Å²) in [5.41, 5.74) is 2.66. The van der Waals surface area contributed by atoms with Gasteiger partial charge < -0.3 is 0 Å². The van der Waals surface area contributed by atoms with Gasteiger partial charge in [-0.2, -0.15) is 5.10 Å². The molecule has 0 fully saturated rings. The molecule has 0 aliphatic carbocycles. The van der Waals surface area contributed by atoms with Crippen LogP contribution in [0.3, 0.4) is 0 Å². The van der Waals surface area contributed by atoms with Crippen LogP contribution >= 0.6 is 11.6 Å². The Bertz CT molecular complexity index is 646. The Hall–Kier alpha value is -2.20. The van der Waals surface area contributed by atoms with Crippen LogP contribution in [-0.2, 0) is 0 Å². The van der Waals surface area contributed by atoms with Gasteiger partial charge in [0.05, 0.1) is 17.6 Å². The molecule has 0 spiro atoms. The predicted octanol–water partition coefficient (Wildman–Crippen LogP) is 2.98.